The van der Waals surface area contributed by atoms with Gasteiger partial charge in [-0.2, -0.15) is 0 Å². The molecule has 0 aliphatic heterocycles. The van der Waals surface area contributed by atoms with Crippen molar-refractivity contribution in [2.75, 3.05) is 19.6 Å². The summed E-state index contributed by atoms with van der Waals surface area (Å²) in [5.74, 6) is 0.875. The topological polar surface area (TPSA) is 109 Å². The Morgan fingerprint density at radius 3 is 2.62 bits per heavy atom. The number of nitro benzene ring substituents is 1. The number of nitrogens with zero attached hydrogens (tertiary/aromatic N) is 2. The molecule has 8 nitrogen and oxygen atoms in total. The van der Waals surface area contributed by atoms with E-state index in [4.69, 9.17) is 0 Å². The summed E-state index contributed by atoms with van der Waals surface area (Å²) in [7, 11) is 0. The second-order valence-electron chi connectivity index (χ2n) is 5.57. The fourth-order valence-corrected chi connectivity index (χ4v) is 2.19. The van der Waals surface area contributed by atoms with Gasteiger partial charge in [0.2, 0.25) is 5.91 Å². The number of carbonyl (C=O) groups excluding carboxylic acids is 1. The molecule has 0 atom stereocenters. The highest BCUT2D eigenvalue weighted by Gasteiger charge is 2.28. The first-order valence-corrected chi connectivity index (χ1v) is 8.14. The smallest absolute Gasteiger partial charge is 0.274 e. The molecule has 3 N–H and O–H groups in total. The molecule has 0 aromatic heterocycles. The number of hydrogen-bond donors (Lipinski definition) is 3. The summed E-state index contributed by atoms with van der Waals surface area (Å²) in [5, 5.41) is 20.1. The molecule has 1 aromatic rings. The maximum atomic E-state index is 11.5. The number of benzene rings is 1. The van der Waals surface area contributed by atoms with E-state index in [0.717, 1.165) is 12.8 Å². The minimum atomic E-state index is -0.404. The van der Waals surface area contributed by atoms with Crippen molar-refractivity contribution in [2.24, 2.45) is 10.9 Å². The lowest BCUT2D eigenvalue weighted by atomic mass is 10.2. The van der Waals surface area contributed by atoms with Crippen molar-refractivity contribution in [3.05, 3.63) is 39.9 Å². The van der Waals surface area contributed by atoms with Gasteiger partial charge in [0.1, 0.15) is 0 Å². The van der Waals surface area contributed by atoms with Gasteiger partial charge < -0.3 is 16.0 Å². The molecule has 24 heavy (non-hydrogen) atoms. The number of para-hydroxylation sites is 1. The van der Waals surface area contributed by atoms with Crippen molar-refractivity contribution < 1.29 is 9.72 Å². The van der Waals surface area contributed by atoms with E-state index in [-0.39, 0.29) is 24.1 Å². The van der Waals surface area contributed by atoms with E-state index in [1.165, 1.54) is 6.07 Å². The number of carbonyl (C=O) groups is 1. The minimum Gasteiger partial charge on any atom is -0.357 e. The molecule has 0 bridgehead atoms. The van der Waals surface area contributed by atoms with Crippen LogP contribution in [0, 0.1) is 16.0 Å². The Morgan fingerprint density at radius 1 is 1.25 bits per heavy atom. The van der Waals surface area contributed by atoms with Gasteiger partial charge in [0.15, 0.2) is 5.96 Å². The fraction of sp³-hybridized carbons (Fsp3) is 0.500. The first-order valence-electron chi connectivity index (χ1n) is 8.14. The Hall–Kier alpha value is -2.64. The molecule has 0 radical (unpaired) electrons. The van der Waals surface area contributed by atoms with Crippen molar-refractivity contribution in [3.63, 3.8) is 0 Å². The maximum absolute atomic E-state index is 11.5. The Kier molecular flexibility index (Phi) is 6.53. The number of nitro groups is 1. The van der Waals surface area contributed by atoms with E-state index in [0.29, 0.717) is 31.2 Å². The lowest BCUT2D eigenvalue weighted by molar-refractivity contribution is -0.385. The van der Waals surface area contributed by atoms with E-state index in [1.807, 2.05) is 6.92 Å². The highest BCUT2D eigenvalue weighted by Crippen LogP contribution is 2.28. The third-order valence-corrected chi connectivity index (χ3v) is 3.60. The van der Waals surface area contributed by atoms with Gasteiger partial charge in [-0.25, -0.2) is 4.99 Å². The van der Waals surface area contributed by atoms with Crippen molar-refractivity contribution in [2.45, 2.75) is 26.3 Å². The summed E-state index contributed by atoms with van der Waals surface area (Å²) in [5.41, 5.74) is 0.621. The highest BCUT2D eigenvalue weighted by molar-refractivity contribution is 5.81. The molecule has 1 amide bonds. The van der Waals surface area contributed by atoms with Crippen LogP contribution in [0.2, 0.25) is 0 Å². The van der Waals surface area contributed by atoms with Crippen LogP contribution < -0.4 is 16.0 Å². The van der Waals surface area contributed by atoms with Gasteiger partial charge in [-0.1, -0.05) is 18.2 Å². The van der Waals surface area contributed by atoms with Crippen LogP contribution in [0.15, 0.2) is 29.3 Å². The largest absolute Gasteiger partial charge is 0.357 e. The van der Waals surface area contributed by atoms with Crippen LogP contribution in [-0.4, -0.2) is 36.4 Å². The number of hydrogen-bond acceptors (Lipinski definition) is 4. The first-order chi connectivity index (χ1) is 11.6. The van der Waals surface area contributed by atoms with Gasteiger partial charge in [0.25, 0.3) is 5.69 Å². The van der Waals surface area contributed by atoms with Gasteiger partial charge in [-0.05, 0) is 19.8 Å². The van der Waals surface area contributed by atoms with Gasteiger partial charge in [0, 0.05) is 31.6 Å². The second-order valence-corrected chi connectivity index (χ2v) is 5.57. The Bertz CT molecular complexity index is 613. The lowest BCUT2D eigenvalue weighted by Gasteiger charge is -2.12. The predicted octanol–water partition coefficient (Wildman–Crippen LogP) is 1.18. The van der Waals surface area contributed by atoms with Gasteiger partial charge >= 0.3 is 0 Å². The number of rotatable bonds is 8. The zero-order valence-corrected chi connectivity index (χ0v) is 13.7. The monoisotopic (exact) mass is 333 g/mol. The SMILES string of the molecule is CCNC(=NCc1ccccc1[N+](=O)[O-])NCCNC(=O)C1CC1. The number of amides is 1. The zero-order chi connectivity index (χ0) is 17.4. The second kappa shape index (κ2) is 8.85. The van der Waals surface area contributed by atoms with E-state index in [2.05, 4.69) is 20.9 Å². The zero-order valence-electron chi connectivity index (χ0n) is 13.7. The maximum Gasteiger partial charge on any atom is 0.274 e. The molecule has 2 rings (SSSR count). The van der Waals surface area contributed by atoms with Gasteiger partial charge in [-0.3, -0.25) is 14.9 Å². The molecule has 0 unspecified atom stereocenters. The minimum absolute atomic E-state index is 0.0637. The first kappa shape index (κ1) is 17.7. The van der Waals surface area contributed by atoms with E-state index in [9.17, 15) is 14.9 Å². The molecular weight excluding hydrogens is 310 g/mol. The Morgan fingerprint density at radius 2 is 1.96 bits per heavy atom. The molecule has 130 valence electrons. The summed E-state index contributed by atoms with van der Waals surface area (Å²) >= 11 is 0. The molecule has 0 heterocycles. The number of guanidine groups is 1. The van der Waals surface area contributed by atoms with Crippen LogP contribution in [0.5, 0.6) is 0 Å². The lowest BCUT2D eigenvalue weighted by Crippen LogP contribution is -2.41. The average molecular weight is 333 g/mol. The summed E-state index contributed by atoms with van der Waals surface area (Å²) in [6.07, 6.45) is 1.97. The summed E-state index contributed by atoms with van der Waals surface area (Å²) in [6.45, 7) is 3.89. The predicted molar refractivity (Wildman–Crippen MR) is 91.6 cm³/mol. The molecule has 1 aliphatic carbocycles. The van der Waals surface area contributed by atoms with Gasteiger partial charge in [-0.15, -0.1) is 0 Å². The van der Waals surface area contributed by atoms with Crippen molar-refractivity contribution >= 4 is 17.6 Å². The summed E-state index contributed by atoms with van der Waals surface area (Å²) in [6, 6.07) is 6.56. The van der Waals surface area contributed by atoms with E-state index >= 15 is 0 Å². The summed E-state index contributed by atoms with van der Waals surface area (Å²) < 4.78 is 0. The number of aliphatic imine (C=N–C) groups is 1. The molecule has 1 fully saturated rings. The molecule has 1 aliphatic rings. The average Bonchev–Trinajstić information content (AvgIpc) is 3.41. The highest BCUT2D eigenvalue weighted by atomic mass is 16.6. The van der Waals surface area contributed by atoms with Crippen LogP contribution in [0.4, 0.5) is 5.69 Å². The molecule has 0 spiro atoms. The van der Waals surface area contributed by atoms with Crippen molar-refractivity contribution in [3.8, 4) is 0 Å². The quantitative estimate of drug-likeness (QED) is 0.218. The Labute approximate surface area is 140 Å². The van der Waals surface area contributed by atoms with Crippen molar-refractivity contribution in [1.82, 2.24) is 16.0 Å². The third-order valence-electron chi connectivity index (χ3n) is 3.60. The van der Waals surface area contributed by atoms with Crippen molar-refractivity contribution in [1.29, 1.82) is 0 Å². The normalized spacial score (nSPS) is 14.1. The standard InChI is InChI=1S/C16H23N5O3/c1-2-17-16(19-10-9-18-15(22)12-7-8-12)20-11-13-5-3-4-6-14(13)21(23)24/h3-6,12H,2,7-11H2,1H3,(H,18,22)(H2,17,19,20). The van der Waals surface area contributed by atoms with Crippen LogP contribution >= 0.6 is 0 Å². The van der Waals surface area contributed by atoms with Crippen LogP contribution in [0.3, 0.4) is 0 Å². The van der Waals surface area contributed by atoms with Gasteiger partial charge in [0.05, 0.1) is 17.0 Å². The Balaban J connectivity index is 1.85. The molecule has 0 saturated heterocycles. The molecule has 8 heteroatoms. The third kappa shape index (κ3) is 5.53. The van der Waals surface area contributed by atoms with E-state index in [1.54, 1.807) is 18.2 Å². The van der Waals surface area contributed by atoms with Crippen LogP contribution in [0.25, 0.3) is 0 Å². The van der Waals surface area contributed by atoms with E-state index < -0.39 is 4.92 Å². The molecule has 1 aromatic carbocycles. The van der Waals surface area contributed by atoms with Crippen LogP contribution in [-0.2, 0) is 11.3 Å². The van der Waals surface area contributed by atoms with Crippen LogP contribution in [0.1, 0.15) is 25.3 Å². The molecule has 1 saturated carbocycles. The summed E-state index contributed by atoms with van der Waals surface area (Å²) in [4.78, 5) is 26.5. The molecular formula is C16H23N5O3. The number of nitrogens with one attached hydrogen (secondary N) is 3. The fourth-order valence-electron chi connectivity index (χ4n) is 2.19.